The van der Waals surface area contributed by atoms with E-state index in [9.17, 15) is 4.79 Å². The van der Waals surface area contributed by atoms with E-state index in [1.54, 1.807) is 31.4 Å². The van der Waals surface area contributed by atoms with Crippen LogP contribution < -0.4 is 10.1 Å². The van der Waals surface area contributed by atoms with E-state index in [0.29, 0.717) is 16.5 Å². The summed E-state index contributed by atoms with van der Waals surface area (Å²) < 4.78 is 5.18. The van der Waals surface area contributed by atoms with Crippen LogP contribution in [0.3, 0.4) is 0 Å². The molecule has 0 radical (unpaired) electrons. The number of carbonyl (C=O) groups excluding carboxylic acids is 1. The Hall–Kier alpha value is -2.26. The van der Waals surface area contributed by atoms with Gasteiger partial charge in [-0.05, 0) is 36.8 Å². The molecule has 21 heavy (non-hydrogen) atoms. The number of ether oxygens (including phenoxy) is 1. The van der Waals surface area contributed by atoms with Crippen LogP contribution in [0.5, 0.6) is 5.75 Å². The van der Waals surface area contributed by atoms with Crippen molar-refractivity contribution in [2.24, 2.45) is 0 Å². The van der Waals surface area contributed by atoms with Crippen molar-refractivity contribution in [3.63, 3.8) is 0 Å². The molecule has 0 saturated heterocycles. The lowest BCUT2D eigenvalue weighted by Gasteiger charge is -2.08. The average Bonchev–Trinajstić information content (AvgIpc) is 2.47. The van der Waals surface area contributed by atoms with Gasteiger partial charge in [-0.25, -0.2) is 0 Å². The molecule has 0 aliphatic carbocycles. The molecule has 0 aliphatic heterocycles. The molecule has 0 heterocycles. The van der Waals surface area contributed by atoms with Crippen LogP contribution in [0.2, 0.25) is 5.02 Å². The molecule has 0 fully saturated rings. The first-order valence-electron chi connectivity index (χ1n) is 6.48. The van der Waals surface area contributed by atoms with Crippen LogP contribution in [0.1, 0.15) is 11.1 Å². The summed E-state index contributed by atoms with van der Waals surface area (Å²) in [7, 11) is 1.54. The monoisotopic (exact) mass is 301 g/mol. The van der Waals surface area contributed by atoms with Crippen molar-refractivity contribution < 1.29 is 9.53 Å². The molecule has 1 amide bonds. The normalized spacial score (nSPS) is 10.6. The van der Waals surface area contributed by atoms with Gasteiger partial charge in [0.05, 0.1) is 12.8 Å². The molecule has 0 unspecified atom stereocenters. The predicted molar refractivity (Wildman–Crippen MR) is 86.8 cm³/mol. The van der Waals surface area contributed by atoms with Crippen molar-refractivity contribution >= 4 is 29.3 Å². The Balaban J connectivity index is 2.08. The summed E-state index contributed by atoms with van der Waals surface area (Å²) >= 11 is 5.92. The van der Waals surface area contributed by atoms with E-state index < -0.39 is 0 Å². The van der Waals surface area contributed by atoms with Crippen molar-refractivity contribution in [2.45, 2.75) is 6.92 Å². The highest BCUT2D eigenvalue weighted by Gasteiger charge is 2.06. The molecule has 2 aromatic carbocycles. The molecule has 4 heteroatoms. The van der Waals surface area contributed by atoms with Crippen LogP contribution in [0, 0.1) is 6.92 Å². The Labute approximate surface area is 129 Å². The molecule has 108 valence electrons. The second kappa shape index (κ2) is 6.95. The van der Waals surface area contributed by atoms with Crippen LogP contribution in [0.15, 0.2) is 48.5 Å². The van der Waals surface area contributed by atoms with E-state index in [1.165, 1.54) is 11.6 Å². The zero-order chi connectivity index (χ0) is 15.2. The zero-order valence-corrected chi connectivity index (χ0v) is 12.6. The molecule has 1 N–H and O–H groups in total. The summed E-state index contributed by atoms with van der Waals surface area (Å²) in [6.07, 6.45) is 3.23. The van der Waals surface area contributed by atoms with E-state index in [1.807, 2.05) is 31.2 Å². The highest BCUT2D eigenvalue weighted by molar-refractivity contribution is 6.31. The number of benzene rings is 2. The fourth-order valence-corrected chi connectivity index (χ4v) is 1.97. The third-order valence-electron chi connectivity index (χ3n) is 2.92. The van der Waals surface area contributed by atoms with E-state index in [0.717, 1.165) is 5.56 Å². The number of anilines is 1. The van der Waals surface area contributed by atoms with E-state index >= 15 is 0 Å². The maximum absolute atomic E-state index is 11.9. The Bertz CT molecular complexity index is 663. The summed E-state index contributed by atoms with van der Waals surface area (Å²) in [6.45, 7) is 2.02. The maximum atomic E-state index is 11.9. The number of nitrogens with one attached hydrogen (secondary N) is 1. The van der Waals surface area contributed by atoms with Crippen LogP contribution in [0.25, 0.3) is 6.08 Å². The third kappa shape index (κ3) is 4.36. The summed E-state index contributed by atoms with van der Waals surface area (Å²) in [4.78, 5) is 11.9. The third-order valence-corrected chi connectivity index (χ3v) is 3.16. The van der Waals surface area contributed by atoms with Gasteiger partial charge < -0.3 is 10.1 Å². The molecular formula is C17H16ClNO2. The molecule has 3 nitrogen and oxygen atoms in total. The van der Waals surface area contributed by atoms with Crippen molar-refractivity contribution in [1.82, 2.24) is 0 Å². The lowest BCUT2D eigenvalue weighted by atomic mass is 10.1. The largest absolute Gasteiger partial charge is 0.495 e. The van der Waals surface area contributed by atoms with E-state index in [-0.39, 0.29) is 5.91 Å². The minimum absolute atomic E-state index is 0.240. The van der Waals surface area contributed by atoms with E-state index in [2.05, 4.69) is 5.32 Å². The Morgan fingerprint density at radius 1 is 1.19 bits per heavy atom. The second-order valence-corrected chi connectivity index (χ2v) is 5.01. The number of aryl methyl sites for hydroxylation is 1. The van der Waals surface area contributed by atoms with Gasteiger partial charge in [0.25, 0.3) is 0 Å². The number of hydrogen-bond acceptors (Lipinski definition) is 2. The second-order valence-electron chi connectivity index (χ2n) is 4.58. The fourth-order valence-electron chi connectivity index (χ4n) is 1.80. The van der Waals surface area contributed by atoms with Crippen molar-refractivity contribution in [3.05, 3.63) is 64.7 Å². The minimum atomic E-state index is -0.240. The molecule has 2 rings (SSSR count). The molecule has 0 spiro atoms. The SMILES string of the molecule is COc1ccc(Cl)cc1NC(=O)C=Cc1ccc(C)cc1. The van der Waals surface area contributed by atoms with Crippen molar-refractivity contribution in [3.8, 4) is 5.75 Å². The van der Waals surface area contributed by atoms with Crippen LogP contribution >= 0.6 is 11.6 Å². The van der Waals surface area contributed by atoms with Crippen LogP contribution in [0.4, 0.5) is 5.69 Å². The fraction of sp³-hybridized carbons (Fsp3) is 0.118. The van der Waals surface area contributed by atoms with E-state index in [4.69, 9.17) is 16.3 Å². The first-order valence-corrected chi connectivity index (χ1v) is 6.85. The van der Waals surface area contributed by atoms with Crippen LogP contribution in [-0.4, -0.2) is 13.0 Å². The number of methoxy groups -OCH3 is 1. The van der Waals surface area contributed by atoms with Crippen molar-refractivity contribution in [2.75, 3.05) is 12.4 Å². The minimum Gasteiger partial charge on any atom is -0.495 e. The van der Waals surface area contributed by atoms with Crippen LogP contribution in [-0.2, 0) is 4.79 Å². The Morgan fingerprint density at radius 3 is 2.57 bits per heavy atom. The number of rotatable bonds is 4. The highest BCUT2D eigenvalue weighted by Crippen LogP contribution is 2.27. The lowest BCUT2D eigenvalue weighted by molar-refractivity contribution is -0.111. The molecule has 0 aromatic heterocycles. The molecular weight excluding hydrogens is 286 g/mol. The van der Waals surface area contributed by atoms with Gasteiger partial charge >= 0.3 is 0 Å². The number of amides is 1. The van der Waals surface area contributed by atoms with Gasteiger partial charge in [-0.3, -0.25) is 4.79 Å². The molecule has 0 saturated carbocycles. The lowest BCUT2D eigenvalue weighted by Crippen LogP contribution is -2.08. The number of hydrogen-bond donors (Lipinski definition) is 1. The Morgan fingerprint density at radius 2 is 1.90 bits per heavy atom. The molecule has 0 bridgehead atoms. The molecule has 0 atom stereocenters. The van der Waals surface area contributed by atoms with Gasteiger partial charge in [0.2, 0.25) is 5.91 Å². The average molecular weight is 302 g/mol. The quantitative estimate of drug-likeness (QED) is 0.855. The smallest absolute Gasteiger partial charge is 0.248 e. The summed E-state index contributed by atoms with van der Waals surface area (Å²) in [6, 6.07) is 13.0. The van der Waals surface area contributed by atoms with Gasteiger partial charge in [-0.2, -0.15) is 0 Å². The first-order chi connectivity index (χ1) is 10.1. The van der Waals surface area contributed by atoms with Gasteiger partial charge in [0.1, 0.15) is 5.75 Å². The first kappa shape index (κ1) is 15.1. The zero-order valence-electron chi connectivity index (χ0n) is 11.9. The van der Waals surface area contributed by atoms with Gasteiger partial charge in [-0.1, -0.05) is 41.4 Å². The highest BCUT2D eigenvalue weighted by atomic mass is 35.5. The predicted octanol–water partition coefficient (Wildman–Crippen LogP) is 4.31. The van der Waals surface area contributed by atoms with Gasteiger partial charge in [0, 0.05) is 11.1 Å². The molecule has 0 aliphatic rings. The maximum Gasteiger partial charge on any atom is 0.248 e. The molecule has 2 aromatic rings. The van der Waals surface area contributed by atoms with Crippen molar-refractivity contribution in [1.29, 1.82) is 0 Å². The summed E-state index contributed by atoms with van der Waals surface area (Å²) in [5, 5.41) is 3.28. The summed E-state index contributed by atoms with van der Waals surface area (Å²) in [5.74, 6) is 0.327. The van der Waals surface area contributed by atoms with Gasteiger partial charge in [-0.15, -0.1) is 0 Å². The Kier molecular flexibility index (Phi) is 5.01. The number of halogens is 1. The number of carbonyl (C=O) groups is 1. The summed E-state index contributed by atoms with van der Waals surface area (Å²) in [5.41, 5.74) is 2.69. The standard InChI is InChI=1S/C17H16ClNO2/c1-12-3-5-13(6-4-12)7-10-17(20)19-15-11-14(18)8-9-16(15)21-2/h3-11H,1-2H3,(H,19,20). The van der Waals surface area contributed by atoms with Gasteiger partial charge in [0.15, 0.2) is 0 Å². The topological polar surface area (TPSA) is 38.3 Å².